The van der Waals surface area contributed by atoms with Crippen LogP contribution in [0.3, 0.4) is 0 Å². The lowest BCUT2D eigenvalue weighted by molar-refractivity contribution is 1.36. The number of pyridine rings is 1. The average Bonchev–Trinajstić information content (AvgIpc) is 2.12. The Bertz CT molecular complexity index is 462. The van der Waals surface area contributed by atoms with E-state index in [1.165, 1.54) is 0 Å². The average molecular weight is 321 g/mol. The molecular weight excluding hydrogens is 317 g/mol. The van der Waals surface area contributed by atoms with Crippen molar-refractivity contribution in [2.24, 2.45) is 0 Å². The van der Waals surface area contributed by atoms with Gasteiger partial charge in [0, 0.05) is 32.1 Å². The van der Waals surface area contributed by atoms with Gasteiger partial charge in [-0.1, -0.05) is 43.5 Å². The Labute approximate surface area is 97.4 Å². The van der Waals surface area contributed by atoms with E-state index in [1.807, 2.05) is 12.1 Å². The van der Waals surface area contributed by atoms with Crippen molar-refractivity contribution in [3.8, 4) is 0 Å². The lowest BCUT2D eigenvalue weighted by Gasteiger charge is -2.03. The van der Waals surface area contributed by atoms with Gasteiger partial charge in [0.2, 0.25) is 0 Å². The summed E-state index contributed by atoms with van der Waals surface area (Å²) >= 11 is 12.9. The largest absolute Gasteiger partial charge is 0.262 e. The van der Waals surface area contributed by atoms with Crippen molar-refractivity contribution in [3.63, 3.8) is 0 Å². The molecule has 13 heavy (non-hydrogen) atoms. The van der Waals surface area contributed by atoms with Crippen molar-refractivity contribution in [1.29, 1.82) is 0 Å². The molecule has 0 aliphatic rings. The molecule has 0 saturated heterocycles. The Morgan fingerprint density at radius 2 is 1.77 bits per heavy atom. The predicted octanol–water partition coefficient (Wildman–Crippen LogP) is 4.41. The second-order valence-electron chi connectivity index (χ2n) is 2.57. The molecule has 1 aromatic heterocycles. The van der Waals surface area contributed by atoms with E-state index >= 15 is 0 Å². The minimum absolute atomic E-state index is 0.658. The highest BCUT2D eigenvalue weighted by molar-refractivity contribution is 9.11. The van der Waals surface area contributed by atoms with Gasteiger partial charge in [0.15, 0.2) is 0 Å². The highest BCUT2D eigenvalue weighted by atomic mass is 79.9. The normalized spacial score (nSPS) is 10.7. The molecule has 1 aromatic carbocycles. The van der Waals surface area contributed by atoms with Gasteiger partial charge in [-0.3, -0.25) is 4.98 Å². The van der Waals surface area contributed by atoms with Crippen LogP contribution in [-0.2, 0) is 0 Å². The number of rotatable bonds is 0. The van der Waals surface area contributed by atoms with Crippen LogP contribution in [0.1, 0.15) is 0 Å². The topological polar surface area (TPSA) is 12.9 Å². The number of halogens is 3. The molecule has 0 spiro atoms. The molecule has 0 atom stereocenters. The summed E-state index contributed by atoms with van der Waals surface area (Å²) in [5.74, 6) is 0. The summed E-state index contributed by atoms with van der Waals surface area (Å²) in [4.78, 5) is 4.03. The van der Waals surface area contributed by atoms with Crippen LogP contribution in [0.15, 0.2) is 33.5 Å². The second kappa shape index (κ2) is 3.56. The van der Waals surface area contributed by atoms with Crippen molar-refractivity contribution < 1.29 is 0 Å². The third-order valence-corrected chi connectivity index (χ3v) is 3.41. The van der Waals surface area contributed by atoms with Crippen LogP contribution in [0, 0.1) is 0 Å². The molecule has 4 heteroatoms. The summed E-state index contributed by atoms with van der Waals surface area (Å²) in [5, 5.41) is 2.67. The van der Waals surface area contributed by atoms with E-state index in [0.717, 1.165) is 19.7 Å². The second-order valence-corrected chi connectivity index (χ2v) is 4.69. The van der Waals surface area contributed by atoms with Gasteiger partial charge in [-0.05, 0) is 12.1 Å². The summed E-state index contributed by atoms with van der Waals surface area (Å²) in [6.45, 7) is 0. The van der Waals surface area contributed by atoms with Crippen LogP contribution in [-0.4, -0.2) is 4.98 Å². The predicted molar refractivity (Wildman–Crippen MR) is 62.2 cm³/mol. The van der Waals surface area contributed by atoms with Gasteiger partial charge in [-0.15, -0.1) is 0 Å². The molecule has 0 unspecified atom stereocenters. The molecule has 0 aliphatic carbocycles. The first-order valence-electron chi connectivity index (χ1n) is 3.57. The van der Waals surface area contributed by atoms with Crippen molar-refractivity contribution >= 4 is 54.2 Å². The zero-order chi connectivity index (χ0) is 9.42. The monoisotopic (exact) mass is 319 g/mol. The van der Waals surface area contributed by atoms with E-state index in [0.29, 0.717) is 5.02 Å². The van der Waals surface area contributed by atoms with Crippen molar-refractivity contribution in [2.75, 3.05) is 0 Å². The summed E-state index contributed by atoms with van der Waals surface area (Å²) in [6, 6.07) is 3.92. The first-order valence-corrected chi connectivity index (χ1v) is 5.54. The smallest absolute Gasteiger partial charge is 0.0679 e. The van der Waals surface area contributed by atoms with E-state index in [-0.39, 0.29) is 0 Å². The first kappa shape index (κ1) is 9.44. The Hall–Kier alpha value is -0.120. The van der Waals surface area contributed by atoms with Gasteiger partial charge < -0.3 is 0 Å². The fourth-order valence-corrected chi connectivity index (χ4v) is 2.54. The van der Waals surface area contributed by atoms with E-state index in [9.17, 15) is 0 Å². The highest BCUT2D eigenvalue weighted by Gasteiger charge is 2.05. The summed E-state index contributed by atoms with van der Waals surface area (Å²) in [7, 11) is 0. The Morgan fingerprint density at radius 3 is 2.46 bits per heavy atom. The molecule has 66 valence electrons. The molecule has 0 fully saturated rings. The fourth-order valence-electron chi connectivity index (χ4n) is 1.18. The number of aromatic nitrogens is 1. The number of hydrogen-bond acceptors (Lipinski definition) is 1. The molecule has 0 N–H and O–H groups in total. The lowest BCUT2D eigenvalue weighted by atomic mass is 10.2. The van der Waals surface area contributed by atoms with Crippen LogP contribution < -0.4 is 0 Å². The SMILES string of the molecule is Clc1cncc2c(Br)ccc(Br)c12. The molecule has 0 saturated carbocycles. The van der Waals surface area contributed by atoms with E-state index in [2.05, 4.69) is 36.8 Å². The van der Waals surface area contributed by atoms with E-state index in [1.54, 1.807) is 12.4 Å². The van der Waals surface area contributed by atoms with Crippen LogP contribution in [0.4, 0.5) is 0 Å². The van der Waals surface area contributed by atoms with Gasteiger partial charge in [-0.2, -0.15) is 0 Å². The molecule has 2 rings (SSSR count). The zero-order valence-electron chi connectivity index (χ0n) is 6.39. The van der Waals surface area contributed by atoms with Crippen LogP contribution in [0.5, 0.6) is 0 Å². The summed E-state index contributed by atoms with van der Waals surface area (Å²) < 4.78 is 1.99. The first-order chi connectivity index (χ1) is 6.20. The minimum atomic E-state index is 0.658. The third-order valence-electron chi connectivity index (χ3n) is 1.77. The van der Waals surface area contributed by atoms with Gasteiger partial charge in [0.1, 0.15) is 0 Å². The van der Waals surface area contributed by atoms with Crippen molar-refractivity contribution in [2.45, 2.75) is 0 Å². The van der Waals surface area contributed by atoms with Crippen molar-refractivity contribution in [3.05, 3.63) is 38.5 Å². The van der Waals surface area contributed by atoms with Crippen LogP contribution >= 0.6 is 43.5 Å². The Kier molecular flexibility index (Phi) is 2.58. The maximum atomic E-state index is 6.02. The maximum absolute atomic E-state index is 6.02. The number of fused-ring (bicyclic) bond motifs is 1. The molecule has 1 heterocycles. The molecular formula is C9H4Br2ClN. The maximum Gasteiger partial charge on any atom is 0.0679 e. The van der Waals surface area contributed by atoms with Crippen LogP contribution in [0.2, 0.25) is 5.02 Å². The van der Waals surface area contributed by atoms with Crippen LogP contribution in [0.25, 0.3) is 10.8 Å². The number of benzene rings is 1. The minimum Gasteiger partial charge on any atom is -0.262 e. The fraction of sp³-hybridized carbons (Fsp3) is 0. The molecule has 0 amide bonds. The molecule has 0 bridgehead atoms. The molecule has 0 radical (unpaired) electrons. The standard InChI is InChI=1S/C9H4Br2ClN/c10-6-1-2-7(11)9-5(6)3-13-4-8(9)12/h1-4H. The molecule has 0 aliphatic heterocycles. The van der Waals surface area contributed by atoms with E-state index < -0.39 is 0 Å². The Morgan fingerprint density at radius 1 is 1.08 bits per heavy atom. The van der Waals surface area contributed by atoms with Crippen molar-refractivity contribution in [1.82, 2.24) is 4.98 Å². The highest BCUT2D eigenvalue weighted by Crippen LogP contribution is 2.33. The lowest BCUT2D eigenvalue weighted by Crippen LogP contribution is -1.80. The summed E-state index contributed by atoms with van der Waals surface area (Å²) in [5.41, 5.74) is 0. The van der Waals surface area contributed by atoms with Gasteiger partial charge in [0.05, 0.1) is 5.02 Å². The number of nitrogens with zero attached hydrogens (tertiary/aromatic N) is 1. The molecule has 2 aromatic rings. The molecule has 1 nitrogen and oxygen atoms in total. The van der Waals surface area contributed by atoms with E-state index in [4.69, 9.17) is 11.6 Å². The Balaban J connectivity index is 3.00. The summed E-state index contributed by atoms with van der Waals surface area (Å²) in [6.07, 6.45) is 3.43. The van der Waals surface area contributed by atoms with Gasteiger partial charge in [0.25, 0.3) is 0 Å². The zero-order valence-corrected chi connectivity index (χ0v) is 10.3. The number of hydrogen-bond donors (Lipinski definition) is 0. The quantitative estimate of drug-likeness (QED) is 0.700. The third kappa shape index (κ3) is 1.60. The van der Waals surface area contributed by atoms with Gasteiger partial charge in [-0.25, -0.2) is 0 Å². The van der Waals surface area contributed by atoms with Gasteiger partial charge >= 0.3 is 0 Å².